The van der Waals surface area contributed by atoms with E-state index in [1.165, 1.54) is 11.3 Å². The summed E-state index contributed by atoms with van der Waals surface area (Å²) in [4.78, 5) is 32.1. The molecule has 0 amide bonds. The molecule has 212 valence electrons. The average Bonchev–Trinajstić information content (AvgIpc) is 3.26. The zero-order chi connectivity index (χ0) is 30.0. The number of nitriles is 1. The van der Waals surface area contributed by atoms with Crippen molar-refractivity contribution in [3.8, 4) is 11.8 Å². The van der Waals surface area contributed by atoms with E-state index in [2.05, 4.69) is 42.9 Å². The molecule has 0 saturated heterocycles. The van der Waals surface area contributed by atoms with Crippen LogP contribution in [0, 0.1) is 18.3 Å². The largest absolute Gasteiger partial charge is 0.487 e. The molecule has 1 aliphatic heterocycles. The van der Waals surface area contributed by atoms with Crippen LogP contribution in [0.5, 0.6) is 5.75 Å². The van der Waals surface area contributed by atoms with Gasteiger partial charge >= 0.3 is 5.97 Å². The number of aromatic nitrogens is 1. The van der Waals surface area contributed by atoms with Gasteiger partial charge in [-0.2, -0.15) is 5.26 Å². The minimum Gasteiger partial charge on any atom is -0.487 e. The van der Waals surface area contributed by atoms with E-state index in [1.54, 1.807) is 36.6 Å². The van der Waals surface area contributed by atoms with Crippen LogP contribution in [0.15, 0.2) is 90.7 Å². The van der Waals surface area contributed by atoms with Gasteiger partial charge in [-0.25, -0.2) is 9.79 Å². The molecule has 10 heteroatoms. The summed E-state index contributed by atoms with van der Waals surface area (Å²) in [7, 11) is 0. The van der Waals surface area contributed by atoms with Gasteiger partial charge in [0.1, 0.15) is 12.4 Å². The smallest absolute Gasteiger partial charge is 0.338 e. The number of aryl methyl sites for hydroxylation is 1. The van der Waals surface area contributed by atoms with Gasteiger partial charge in [0.2, 0.25) is 0 Å². The minimum atomic E-state index is -0.653. The highest BCUT2D eigenvalue weighted by Gasteiger charge is 2.33. The Morgan fingerprint density at radius 3 is 2.38 bits per heavy atom. The Hall–Kier alpha value is -3.78. The molecule has 1 aliphatic rings. The van der Waals surface area contributed by atoms with Gasteiger partial charge in [0, 0.05) is 0 Å². The Kier molecular flexibility index (Phi) is 8.92. The predicted octanol–water partition coefficient (Wildman–Crippen LogP) is 6.08. The minimum absolute atomic E-state index is 0.220. The number of nitrogens with zero attached hydrogens (tertiary/aromatic N) is 3. The first-order chi connectivity index (χ1) is 20.2. The first kappa shape index (κ1) is 29.7. The highest BCUT2D eigenvalue weighted by atomic mass is 79.9. The maximum absolute atomic E-state index is 13.9. The van der Waals surface area contributed by atoms with Crippen molar-refractivity contribution in [2.24, 2.45) is 4.99 Å². The van der Waals surface area contributed by atoms with Gasteiger partial charge < -0.3 is 9.47 Å². The summed E-state index contributed by atoms with van der Waals surface area (Å²) in [6.45, 7) is 6.06. The van der Waals surface area contributed by atoms with Crippen molar-refractivity contribution < 1.29 is 14.3 Å². The molecule has 0 N–H and O–H groups in total. The maximum Gasteiger partial charge on any atom is 0.338 e. The second-order valence-electron chi connectivity index (χ2n) is 9.62. The van der Waals surface area contributed by atoms with E-state index in [0.717, 1.165) is 22.3 Å². The van der Waals surface area contributed by atoms with Crippen LogP contribution in [0.1, 0.15) is 47.7 Å². The van der Waals surface area contributed by atoms with Gasteiger partial charge in [-0.05, 0) is 99.7 Å². The van der Waals surface area contributed by atoms with Crippen LogP contribution in [0.25, 0.3) is 6.08 Å². The van der Waals surface area contributed by atoms with Crippen LogP contribution in [-0.2, 0) is 16.1 Å². The Morgan fingerprint density at radius 2 is 1.76 bits per heavy atom. The van der Waals surface area contributed by atoms with Crippen molar-refractivity contribution in [2.75, 3.05) is 6.61 Å². The topological polar surface area (TPSA) is 93.7 Å². The lowest BCUT2D eigenvalue weighted by Gasteiger charge is -2.24. The van der Waals surface area contributed by atoms with E-state index in [1.807, 2.05) is 55.5 Å². The molecule has 0 aliphatic carbocycles. The van der Waals surface area contributed by atoms with Gasteiger partial charge in [0.05, 0.1) is 49.0 Å². The molecule has 0 bridgehead atoms. The van der Waals surface area contributed by atoms with E-state index >= 15 is 0 Å². The third kappa shape index (κ3) is 6.04. The number of esters is 1. The molecule has 1 aromatic heterocycles. The van der Waals surface area contributed by atoms with E-state index in [-0.39, 0.29) is 12.2 Å². The van der Waals surface area contributed by atoms with Crippen LogP contribution in [0.2, 0.25) is 0 Å². The normalized spacial score (nSPS) is 14.7. The summed E-state index contributed by atoms with van der Waals surface area (Å²) in [5.41, 5.74) is 4.82. The van der Waals surface area contributed by atoms with Crippen LogP contribution < -0.4 is 19.6 Å². The molecule has 3 aromatic carbocycles. The molecule has 4 aromatic rings. The third-order valence-electron chi connectivity index (χ3n) is 6.69. The number of hydrogen-bond donors (Lipinski definition) is 0. The monoisotopic (exact) mass is 705 g/mol. The molecule has 0 spiro atoms. The SMILES string of the molecule is CCOC(=O)C1=C(C)N=c2s/c(=C\c3cc(Br)c(OCc4ccc(C#N)cc4)c(Br)c3)c(=O)n2[C@H]1c1ccc(C)cc1. The molecule has 7 nitrogen and oxygen atoms in total. The van der Waals surface area contributed by atoms with Crippen LogP contribution >= 0.6 is 43.2 Å². The van der Waals surface area contributed by atoms with Crippen molar-refractivity contribution in [1.82, 2.24) is 4.57 Å². The molecule has 42 heavy (non-hydrogen) atoms. The zero-order valence-electron chi connectivity index (χ0n) is 23.0. The van der Waals surface area contributed by atoms with E-state index in [4.69, 9.17) is 14.7 Å². The maximum atomic E-state index is 13.9. The summed E-state index contributed by atoms with van der Waals surface area (Å²) in [6.07, 6.45) is 1.80. The Balaban J connectivity index is 1.53. The first-order valence-electron chi connectivity index (χ1n) is 13.1. The molecular formula is C32H25Br2N3O4S. The molecule has 0 radical (unpaired) electrons. The standard InChI is InChI=1S/C32H25Br2N3O4S/c1-4-40-31(39)27-19(3)36-32-37(28(27)23-11-5-18(2)6-12-23)30(38)26(42-32)15-22-13-24(33)29(25(34)14-22)41-17-21-9-7-20(16-35)8-10-21/h5-15,28H,4,17H2,1-3H3/b26-15-/t28-/m0/s1. The van der Waals surface area contributed by atoms with Crippen molar-refractivity contribution in [3.63, 3.8) is 0 Å². The Morgan fingerprint density at radius 1 is 1.10 bits per heavy atom. The van der Waals surface area contributed by atoms with Gasteiger partial charge in [0.15, 0.2) is 4.80 Å². The summed E-state index contributed by atoms with van der Waals surface area (Å²) in [5, 5.41) is 9.00. The number of ether oxygens (including phenoxy) is 2. The van der Waals surface area contributed by atoms with Crippen molar-refractivity contribution in [2.45, 2.75) is 33.4 Å². The highest BCUT2D eigenvalue weighted by molar-refractivity contribution is 9.11. The summed E-state index contributed by atoms with van der Waals surface area (Å²) < 4.78 is 14.9. The molecule has 0 unspecified atom stereocenters. The quantitative estimate of drug-likeness (QED) is 0.217. The number of carbonyl (C=O) groups excluding carboxylic acids is 1. The third-order valence-corrected chi connectivity index (χ3v) is 8.86. The molecule has 0 fully saturated rings. The number of halogens is 2. The molecule has 5 rings (SSSR count). The Bertz CT molecular complexity index is 1910. The lowest BCUT2D eigenvalue weighted by Crippen LogP contribution is -2.39. The number of hydrogen-bond acceptors (Lipinski definition) is 7. The lowest BCUT2D eigenvalue weighted by atomic mass is 9.95. The number of benzene rings is 3. The van der Waals surface area contributed by atoms with Gasteiger partial charge in [-0.3, -0.25) is 9.36 Å². The second-order valence-corrected chi connectivity index (χ2v) is 12.3. The number of fused-ring (bicyclic) bond motifs is 1. The Labute approximate surface area is 263 Å². The van der Waals surface area contributed by atoms with Gasteiger partial charge in [-0.1, -0.05) is 53.3 Å². The number of allylic oxidation sites excluding steroid dienone is 1. The van der Waals surface area contributed by atoms with Crippen molar-refractivity contribution in [3.05, 3.63) is 128 Å². The molecule has 1 atom stereocenters. The summed E-state index contributed by atoms with van der Waals surface area (Å²) >= 11 is 8.47. The fourth-order valence-electron chi connectivity index (χ4n) is 4.64. The zero-order valence-corrected chi connectivity index (χ0v) is 27.0. The fraction of sp³-hybridized carbons (Fsp3) is 0.188. The fourth-order valence-corrected chi connectivity index (χ4v) is 7.14. The molecule has 2 heterocycles. The molecular weight excluding hydrogens is 682 g/mol. The second kappa shape index (κ2) is 12.6. The lowest BCUT2D eigenvalue weighted by molar-refractivity contribution is -0.139. The summed E-state index contributed by atoms with van der Waals surface area (Å²) in [6, 6.07) is 20.2. The summed E-state index contributed by atoms with van der Waals surface area (Å²) in [5.74, 6) is 0.134. The van der Waals surface area contributed by atoms with E-state index in [9.17, 15) is 9.59 Å². The average molecular weight is 707 g/mol. The van der Waals surface area contributed by atoms with E-state index in [0.29, 0.717) is 47.5 Å². The number of thiazole rings is 1. The molecule has 0 saturated carbocycles. The van der Waals surface area contributed by atoms with Gasteiger partial charge in [-0.15, -0.1) is 0 Å². The van der Waals surface area contributed by atoms with Crippen molar-refractivity contribution in [1.29, 1.82) is 5.26 Å². The van der Waals surface area contributed by atoms with Crippen LogP contribution in [0.4, 0.5) is 0 Å². The predicted molar refractivity (Wildman–Crippen MR) is 169 cm³/mol. The van der Waals surface area contributed by atoms with Gasteiger partial charge in [0.25, 0.3) is 5.56 Å². The number of carbonyl (C=O) groups is 1. The van der Waals surface area contributed by atoms with E-state index < -0.39 is 12.0 Å². The first-order valence-corrected chi connectivity index (χ1v) is 15.5. The van der Waals surface area contributed by atoms with Crippen LogP contribution in [-0.4, -0.2) is 17.1 Å². The van der Waals surface area contributed by atoms with Crippen LogP contribution in [0.3, 0.4) is 0 Å². The highest BCUT2D eigenvalue weighted by Crippen LogP contribution is 2.36. The van der Waals surface area contributed by atoms with Crippen molar-refractivity contribution >= 4 is 55.2 Å². The number of rotatable bonds is 7.